The van der Waals surface area contributed by atoms with E-state index in [2.05, 4.69) is 20.6 Å². The van der Waals surface area contributed by atoms with E-state index in [0.29, 0.717) is 10.6 Å². The highest BCUT2D eigenvalue weighted by molar-refractivity contribution is 6.34. The van der Waals surface area contributed by atoms with Crippen LogP contribution in [-0.2, 0) is 0 Å². The van der Waals surface area contributed by atoms with Gasteiger partial charge in [0.25, 0.3) is 11.8 Å². The highest BCUT2D eigenvalue weighted by atomic mass is 35.5. The summed E-state index contributed by atoms with van der Waals surface area (Å²) in [4.78, 5) is 32.9. The standard InChI is InChI=1S/C20H15Cl3N4O2/c21-13-3-1-12(2-4-13)18(27-20(29)15-6-8-25-10-17(15)23)11-26-19(28)14-5-7-24-9-16(14)22/h1-10,18H,11H2,(H,26,28)(H,27,29). The summed E-state index contributed by atoms with van der Waals surface area (Å²) in [6.07, 6.45) is 5.73. The van der Waals surface area contributed by atoms with Crippen molar-refractivity contribution in [1.29, 1.82) is 0 Å². The quantitative estimate of drug-likeness (QED) is 0.586. The number of aromatic nitrogens is 2. The average Bonchev–Trinajstić information content (AvgIpc) is 2.72. The second-order valence-corrected chi connectivity index (χ2v) is 7.25. The van der Waals surface area contributed by atoms with Crippen molar-refractivity contribution in [3.8, 4) is 0 Å². The van der Waals surface area contributed by atoms with Crippen LogP contribution in [0.15, 0.2) is 61.2 Å². The predicted octanol–water partition coefficient (Wildman–Crippen LogP) is 4.34. The molecule has 1 aromatic carbocycles. The zero-order valence-electron chi connectivity index (χ0n) is 14.9. The summed E-state index contributed by atoms with van der Waals surface area (Å²) in [5.41, 5.74) is 1.33. The van der Waals surface area contributed by atoms with Gasteiger partial charge in [-0.2, -0.15) is 0 Å². The maximum absolute atomic E-state index is 12.7. The molecule has 0 radical (unpaired) electrons. The molecule has 0 aliphatic carbocycles. The van der Waals surface area contributed by atoms with Crippen molar-refractivity contribution in [2.75, 3.05) is 6.54 Å². The Morgan fingerprint density at radius 3 is 1.93 bits per heavy atom. The van der Waals surface area contributed by atoms with Gasteiger partial charge in [-0.15, -0.1) is 0 Å². The Labute approximate surface area is 182 Å². The number of carbonyl (C=O) groups excluding carboxylic acids is 2. The molecule has 6 nitrogen and oxygen atoms in total. The molecule has 1 atom stereocenters. The van der Waals surface area contributed by atoms with Gasteiger partial charge in [0.05, 0.1) is 27.2 Å². The molecule has 29 heavy (non-hydrogen) atoms. The van der Waals surface area contributed by atoms with Crippen LogP contribution >= 0.6 is 34.8 Å². The second-order valence-electron chi connectivity index (χ2n) is 6.00. The zero-order valence-corrected chi connectivity index (χ0v) is 17.2. The molecule has 0 bridgehead atoms. The summed E-state index contributed by atoms with van der Waals surface area (Å²) in [5.74, 6) is -0.777. The molecule has 2 amide bonds. The molecular formula is C20H15Cl3N4O2. The monoisotopic (exact) mass is 448 g/mol. The summed E-state index contributed by atoms with van der Waals surface area (Å²) in [7, 11) is 0. The zero-order chi connectivity index (χ0) is 20.8. The van der Waals surface area contributed by atoms with Crippen LogP contribution < -0.4 is 10.6 Å². The van der Waals surface area contributed by atoms with E-state index in [1.54, 1.807) is 24.3 Å². The molecule has 0 saturated carbocycles. The third-order valence-corrected chi connectivity index (χ3v) is 4.93. The van der Waals surface area contributed by atoms with Crippen LogP contribution in [0.25, 0.3) is 0 Å². The lowest BCUT2D eigenvalue weighted by Crippen LogP contribution is -2.38. The van der Waals surface area contributed by atoms with Crippen LogP contribution in [0, 0.1) is 0 Å². The molecule has 0 spiro atoms. The normalized spacial score (nSPS) is 11.6. The van der Waals surface area contributed by atoms with Crippen LogP contribution in [0.3, 0.4) is 0 Å². The number of pyridine rings is 2. The Morgan fingerprint density at radius 2 is 1.38 bits per heavy atom. The van der Waals surface area contributed by atoms with Crippen molar-refractivity contribution < 1.29 is 9.59 Å². The van der Waals surface area contributed by atoms with E-state index in [0.717, 1.165) is 5.56 Å². The largest absolute Gasteiger partial charge is 0.350 e. The Hall–Kier alpha value is -2.67. The smallest absolute Gasteiger partial charge is 0.253 e. The van der Waals surface area contributed by atoms with E-state index in [9.17, 15) is 9.59 Å². The average molecular weight is 450 g/mol. The van der Waals surface area contributed by atoms with Gasteiger partial charge in [-0.1, -0.05) is 46.9 Å². The van der Waals surface area contributed by atoms with Gasteiger partial charge >= 0.3 is 0 Å². The van der Waals surface area contributed by atoms with Crippen LogP contribution in [0.5, 0.6) is 0 Å². The van der Waals surface area contributed by atoms with Crippen molar-refractivity contribution in [3.05, 3.63) is 92.9 Å². The van der Waals surface area contributed by atoms with Gasteiger partial charge in [0.1, 0.15) is 0 Å². The number of carbonyl (C=O) groups is 2. The lowest BCUT2D eigenvalue weighted by Gasteiger charge is -2.20. The number of halogens is 3. The highest BCUT2D eigenvalue weighted by Crippen LogP contribution is 2.20. The van der Waals surface area contributed by atoms with Crippen LogP contribution in [0.1, 0.15) is 32.3 Å². The van der Waals surface area contributed by atoms with E-state index in [1.165, 1.54) is 36.9 Å². The molecular weight excluding hydrogens is 435 g/mol. The molecule has 2 heterocycles. The molecule has 0 fully saturated rings. The molecule has 0 saturated heterocycles. The van der Waals surface area contributed by atoms with Gasteiger partial charge in [-0.3, -0.25) is 19.6 Å². The van der Waals surface area contributed by atoms with Crippen molar-refractivity contribution in [2.45, 2.75) is 6.04 Å². The molecule has 148 valence electrons. The molecule has 1 unspecified atom stereocenters. The lowest BCUT2D eigenvalue weighted by atomic mass is 10.1. The molecule has 2 N–H and O–H groups in total. The van der Waals surface area contributed by atoms with E-state index in [1.807, 2.05) is 0 Å². The van der Waals surface area contributed by atoms with E-state index in [4.69, 9.17) is 34.8 Å². The first-order valence-electron chi connectivity index (χ1n) is 8.49. The first kappa shape index (κ1) is 21.0. The summed E-state index contributed by atoms with van der Waals surface area (Å²) in [6, 6.07) is 9.46. The minimum atomic E-state index is -0.534. The first-order chi connectivity index (χ1) is 14.0. The topological polar surface area (TPSA) is 84.0 Å². The Bertz CT molecular complexity index is 1030. The number of nitrogens with one attached hydrogen (secondary N) is 2. The van der Waals surface area contributed by atoms with Gasteiger partial charge in [0.15, 0.2) is 0 Å². The summed E-state index contributed by atoms with van der Waals surface area (Å²) >= 11 is 18.0. The number of amides is 2. The third-order valence-electron chi connectivity index (χ3n) is 4.08. The summed E-state index contributed by atoms with van der Waals surface area (Å²) in [5, 5.41) is 6.68. The maximum Gasteiger partial charge on any atom is 0.253 e. The van der Waals surface area contributed by atoms with Crippen molar-refractivity contribution >= 4 is 46.6 Å². The Kier molecular flexibility index (Phi) is 7.04. The van der Waals surface area contributed by atoms with Crippen LogP contribution in [0.2, 0.25) is 15.1 Å². The van der Waals surface area contributed by atoms with Gasteiger partial charge < -0.3 is 10.6 Å². The van der Waals surface area contributed by atoms with Crippen LogP contribution in [-0.4, -0.2) is 28.3 Å². The fourth-order valence-corrected chi connectivity index (χ4v) is 3.13. The lowest BCUT2D eigenvalue weighted by molar-refractivity contribution is 0.0908. The third kappa shape index (κ3) is 5.44. The Morgan fingerprint density at radius 1 is 0.828 bits per heavy atom. The molecule has 2 aromatic heterocycles. The second kappa shape index (κ2) is 9.69. The number of hydrogen-bond donors (Lipinski definition) is 2. The molecule has 3 rings (SSSR count). The summed E-state index contributed by atoms with van der Waals surface area (Å²) in [6.45, 7) is 0.119. The summed E-state index contributed by atoms with van der Waals surface area (Å²) < 4.78 is 0. The van der Waals surface area contributed by atoms with Gasteiger partial charge in [-0.25, -0.2) is 0 Å². The number of benzene rings is 1. The van der Waals surface area contributed by atoms with Gasteiger partial charge in [-0.05, 0) is 29.8 Å². The Balaban J connectivity index is 1.79. The van der Waals surface area contributed by atoms with Crippen molar-refractivity contribution in [1.82, 2.24) is 20.6 Å². The first-order valence-corrected chi connectivity index (χ1v) is 9.62. The van der Waals surface area contributed by atoms with Gasteiger partial charge in [0, 0.05) is 36.4 Å². The number of nitrogens with zero attached hydrogens (tertiary/aromatic N) is 2. The maximum atomic E-state index is 12.7. The van der Waals surface area contributed by atoms with Crippen molar-refractivity contribution in [2.24, 2.45) is 0 Å². The SMILES string of the molecule is O=C(NCC(NC(=O)c1ccncc1Cl)c1ccc(Cl)cc1)c1ccncc1Cl. The number of hydrogen-bond acceptors (Lipinski definition) is 4. The fourth-order valence-electron chi connectivity index (χ4n) is 2.59. The molecule has 0 aliphatic rings. The predicted molar refractivity (Wildman–Crippen MR) is 112 cm³/mol. The molecule has 9 heteroatoms. The molecule has 0 aliphatic heterocycles. The van der Waals surface area contributed by atoms with Crippen molar-refractivity contribution in [3.63, 3.8) is 0 Å². The minimum Gasteiger partial charge on any atom is -0.350 e. The minimum absolute atomic E-state index is 0.119. The van der Waals surface area contributed by atoms with Crippen LogP contribution in [0.4, 0.5) is 0 Å². The van der Waals surface area contributed by atoms with Gasteiger partial charge in [0.2, 0.25) is 0 Å². The number of rotatable bonds is 6. The van der Waals surface area contributed by atoms with E-state index >= 15 is 0 Å². The van der Waals surface area contributed by atoms with E-state index < -0.39 is 11.9 Å². The highest BCUT2D eigenvalue weighted by Gasteiger charge is 2.19. The molecule has 3 aromatic rings. The van der Waals surface area contributed by atoms with E-state index in [-0.39, 0.29) is 28.1 Å². The fraction of sp³-hybridized carbons (Fsp3) is 0.100.